The number of amides is 1. The third-order valence-electron chi connectivity index (χ3n) is 2.02. The zero-order chi connectivity index (χ0) is 8.27. The fraction of sp³-hybridized carbons (Fsp3) is 0.857. The molecule has 1 aliphatic rings. The molecule has 0 aromatic rings. The highest BCUT2D eigenvalue weighted by Crippen LogP contribution is 2.01. The van der Waals surface area contributed by atoms with Gasteiger partial charge in [-0.1, -0.05) is 6.92 Å². The first-order valence-corrected chi connectivity index (χ1v) is 3.95. The summed E-state index contributed by atoms with van der Waals surface area (Å²) in [6, 6.07) is 0.347. The molecule has 2 N–H and O–H groups in total. The van der Waals surface area contributed by atoms with Gasteiger partial charge in [-0.3, -0.25) is 0 Å². The van der Waals surface area contributed by atoms with Gasteiger partial charge in [0.15, 0.2) is 0 Å². The predicted molar refractivity (Wildman–Crippen MR) is 41.7 cm³/mol. The van der Waals surface area contributed by atoms with Gasteiger partial charge in [0, 0.05) is 25.7 Å². The molecule has 1 aliphatic heterocycles. The molecule has 0 aromatic heterocycles. The lowest BCUT2D eigenvalue weighted by atomic mass is 10.2. The molecular weight excluding hydrogens is 144 g/mol. The molecule has 11 heavy (non-hydrogen) atoms. The smallest absolute Gasteiger partial charge is 0.407 e. The Balaban J connectivity index is 2.39. The molecule has 1 amide bonds. The second-order valence-electron chi connectivity index (χ2n) is 2.79. The van der Waals surface area contributed by atoms with E-state index >= 15 is 0 Å². The van der Waals surface area contributed by atoms with Crippen LogP contribution in [-0.2, 0) is 0 Å². The largest absolute Gasteiger partial charge is 0.465 e. The number of carboxylic acid groups (broad SMARTS) is 1. The highest BCUT2D eigenvalue weighted by molar-refractivity contribution is 5.65. The Morgan fingerprint density at radius 3 is 3.09 bits per heavy atom. The van der Waals surface area contributed by atoms with Crippen LogP contribution in [-0.4, -0.2) is 41.8 Å². The van der Waals surface area contributed by atoms with Gasteiger partial charge in [0.1, 0.15) is 0 Å². The Morgan fingerprint density at radius 1 is 1.82 bits per heavy atom. The molecule has 1 atom stereocenters. The molecule has 1 rings (SSSR count). The van der Waals surface area contributed by atoms with Gasteiger partial charge < -0.3 is 15.3 Å². The first-order chi connectivity index (χ1) is 5.24. The molecule has 64 valence electrons. The van der Waals surface area contributed by atoms with Crippen LogP contribution < -0.4 is 5.32 Å². The minimum atomic E-state index is -0.801. The van der Waals surface area contributed by atoms with Crippen molar-refractivity contribution in [2.75, 3.05) is 19.6 Å². The topological polar surface area (TPSA) is 52.6 Å². The molecule has 0 bridgehead atoms. The summed E-state index contributed by atoms with van der Waals surface area (Å²) in [5.41, 5.74) is 0. The van der Waals surface area contributed by atoms with Crippen molar-refractivity contribution in [1.29, 1.82) is 0 Å². The van der Waals surface area contributed by atoms with Crippen molar-refractivity contribution in [3.63, 3.8) is 0 Å². The first kappa shape index (κ1) is 8.33. The van der Waals surface area contributed by atoms with Gasteiger partial charge in [-0.2, -0.15) is 0 Å². The van der Waals surface area contributed by atoms with E-state index in [9.17, 15) is 4.79 Å². The van der Waals surface area contributed by atoms with Gasteiger partial charge in [0.25, 0.3) is 0 Å². The highest BCUT2D eigenvalue weighted by atomic mass is 16.4. The zero-order valence-corrected chi connectivity index (χ0v) is 6.71. The molecule has 4 nitrogen and oxygen atoms in total. The van der Waals surface area contributed by atoms with Gasteiger partial charge in [-0.15, -0.1) is 0 Å². The van der Waals surface area contributed by atoms with E-state index in [2.05, 4.69) is 12.2 Å². The molecule has 0 aliphatic carbocycles. The molecule has 0 saturated carbocycles. The number of rotatable bonds is 1. The Bertz CT molecular complexity index is 149. The summed E-state index contributed by atoms with van der Waals surface area (Å²) >= 11 is 0. The summed E-state index contributed by atoms with van der Waals surface area (Å²) in [5, 5.41) is 11.9. The Morgan fingerprint density at radius 2 is 2.55 bits per heavy atom. The summed E-state index contributed by atoms with van der Waals surface area (Å²) < 4.78 is 0. The average Bonchev–Trinajstić information content (AvgIpc) is 2.05. The van der Waals surface area contributed by atoms with Crippen molar-refractivity contribution >= 4 is 6.09 Å². The van der Waals surface area contributed by atoms with Crippen molar-refractivity contribution in [2.24, 2.45) is 0 Å². The van der Waals surface area contributed by atoms with E-state index in [0.29, 0.717) is 19.1 Å². The number of hydrogen-bond donors (Lipinski definition) is 2. The molecular formula is C7H14N2O2. The summed E-state index contributed by atoms with van der Waals surface area (Å²) in [5.74, 6) is 0. The second-order valence-corrected chi connectivity index (χ2v) is 2.79. The van der Waals surface area contributed by atoms with Crippen molar-refractivity contribution in [3.05, 3.63) is 0 Å². The minimum absolute atomic E-state index is 0.347. The average molecular weight is 158 g/mol. The van der Waals surface area contributed by atoms with Gasteiger partial charge in [0.05, 0.1) is 0 Å². The maximum atomic E-state index is 10.5. The standard InChI is InChI=1S/C7H14N2O2/c1-2-6-5-9(7(10)11)4-3-8-6/h6,8H,2-5H2,1H3,(H,10,11)/t6-/m1/s1. The molecule has 0 radical (unpaired) electrons. The van der Waals surface area contributed by atoms with Crippen molar-refractivity contribution in [3.8, 4) is 0 Å². The second kappa shape index (κ2) is 3.57. The lowest BCUT2D eigenvalue weighted by Crippen LogP contribution is -2.51. The van der Waals surface area contributed by atoms with Gasteiger partial charge in [-0.25, -0.2) is 4.79 Å². The van der Waals surface area contributed by atoms with Crippen LogP contribution in [0.3, 0.4) is 0 Å². The monoisotopic (exact) mass is 158 g/mol. The minimum Gasteiger partial charge on any atom is -0.465 e. The van der Waals surface area contributed by atoms with E-state index in [1.165, 1.54) is 4.90 Å². The maximum Gasteiger partial charge on any atom is 0.407 e. The Kier molecular flexibility index (Phi) is 2.70. The maximum absolute atomic E-state index is 10.5. The number of hydrogen-bond acceptors (Lipinski definition) is 2. The van der Waals surface area contributed by atoms with Crippen LogP contribution in [0.5, 0.6) is 0 Å². The zero-order valence-electron chi connectivity index (χ0n) is 6.71. The van der Waals surface area contributed by atoms with E-state index in [-0.39, 0.29) is 0 Å². The Labute approximate surface area is 66.2 Å². The third kappa shape index (κ3) is 2.08. The molecule has 0 unspecified atom stereocenters. The number of nitrogens with zero attached hydrogens (tertiary/aromatic N) is 1. The molecule has 1 saturated heterocycles. The lowest BCUT2D eigenvalue weighted by molar-refractivity contribution is 0.128. The van der Waals surface area contributed by atoms with E-state index in [1.807, 2.05) is 0 Å². The predicted octanol–water partition coefficient (Wildman–Crippen LogP) is 0.348. The SMILES string of the molecule is CC[C@@H]1CN(C(=O)O)CCN1. The van der Waals surface area contributed by atoms with Crippen LogP contribution in [0.25, 0.3) is 0 Å². The number of carbonyl (C=O) groups is 1. The van der Waals surface area contributed by atoms with Gasteiger partial charge in [0.2, 0.25) is 0 Å². The quantitative estimate of drug-likeness (QED) is 0.579. The molecule has 0 spiro atoms. The van der Waals surface area contributed by atoms with Crippen LogP contribution in [0.4, 0.5) is 4.79 Å². The normalized spacial score (nSPS) is 25.2. The van der Waals surface area contributed by atoms with Crippen LogP contribution in [0.2, 0.25) is 0 Å². The fourth-order valence-corrected chi connectivity index (χ4v) is 1.27. The summed E-state index contributed by atoms with van der Waals surface area (Å²) in [6.07, 6.45) is 0.189. The van der Waals surface area contributed by atoms with Crippen LogP contribution in [0.1, 0.15) is 13.3 Å². The first-order valence-electron chi connectivity index (χ1n) is 3.95. The van der Waals surface area contributed by atoms with E-state index in [0.717, 1.165) is 13.0 Å². The molecule has 0 aromatic carbocycles. The van der Waals surface area contributed by atoms with E-state index in [4.69, 9.17) is 5.11 Å². The highest BCUT2D eigenvalue weighted by Gasteiger charge is 2.20. The van der Waals surface area contributed by atoms with E-state index < -0.39 is 6.09 Å². The lowest BCUT2D eigenvalue weighted by Gasteiger charge is -2.31. The fourth-order valence-electron chi connectivity index (χ4n) is 1.27. The van der Waals surface area contributed by atoms with Crippen LogP contribution >= 0.6 is 0 Å². The molecule has 4 heteroatoms. The van der Waals surface area contributed by atoms with Crippen molar-refractivity contribution in [1.82, 2.24) is 10.2 Å². The molecule has 1 fully saturated rings. The van der Waals surface area contributed by atoms with Crippen LogP contribution in [0.15, 0.2) is 0 Å². The van der Waals surface area contributed by atoms with Gasteiger partial charge >= 0.3 is 6.09 Å². The Hall–Kier alpha value is -0.770. The van der Waals surface area contributed by atoms with Gasteiger partial charge in [-0.05, 0) is 6.42 Å². The van der Waals surface area contributed by atoms with E-state index in [1.54, 1.807) is 0 Å². The number of piperazine rings is 1. The summed E-state index contributed by atoms with van der Waals surface area (Å²) in [4.78, 5) is 12.0. The van der Waals surface area contributed by atoms with Crippen molar-refractivity contribution < 1.29 is 9.90 Å². The number of nitrogens with one attached hydrogen (secondary N) is 1. The summed E-state index contributed by atoms with van der Waals surface area (Å²) in [7, 11) is 0. The third-order valence-corrected chi connectivity index (χ3v) is 2.02. The van der Waals surface area contributed by atoms with Crippen molar-refractivity contribution in [2.45, 2.75) is 19.4 Å². The summed E-state index contributed by atoms with van der Waals surface area (Å²) in [6.45, 7) is 4.09. The van der Waals surface area contributed by atoms with Crippen LogP contribution in [0, 0.1) is 0 Å². The molecule has 1 heterocycles.